The van der Waals surface area contributed by atoms with Crippen LogP contribution in [0.2, 0.25) is 0 Å². The van der Waals surface area contributed by atoms with E-state index in [1.54, 1.807) is 0 Å². The van der Waals surface area contributed by atoms with Crippen LogP contribution in [0.15, 0.2) is 0 Å². The first kappa shape index (κ1) is 10.0. The van der Waals surface area contributed by atoms with Crippen molar-refractivity contribution in [2.45, 2.75) is 39.2 Å². The van der Waals surface area contributed by atoms with Gasteiger partial charge in [-0.05, 0) is 12.8 Å². The summed E-state index contributed by atoms with van der Waals surface area (Å²) in [7, 11) is -0.401. The van der Waals surface area contributed by atoms with Crippen molar-refractivity contribution in [2.24, 2.45) is 0 Å². The summed E-state index contributed by atoms with van der Waals surface area (Å²) < 4.78 is 16.0. The average Bonchev–Trinajstić information content (AvgIpc) is 2.53. The molecule has 0 aliphatic carbocycles. The van der Waals surface area contributed by atoms with E-state index in [0.29, 0.717) is 6.61 Å². The zero-order valence-corrected chi connectivity index (χ0v) is 7.91. The maximum atomic E-state index is 5.41. The van der Waals surface area contributed by atoms with Gasteiger partial charge in [-0.25, -0.2) is 0 Å². The first-order valence-corrected chi connectivity index (χ1v) is 4.75. The van der Waals surface area contributed by atoms with Crippen LogP contribution >= 0.6 is 0 Å². The lowest BCUT2D eigenvalue weighted by Crippen LogP contribution is -2.21. The summed E-state index contributed by atoms with van der Waals surface area (Å²) in [5, 5.41) is 0. The summed E-state index contributed by atoms with van der Waals surface area (Å²) in [6, 6.07) is 0. The highest BCUT2D eigenvalue weighted by Gasteiger charge is 2.32. The van der Waals surface area contributed by atoms with Gasteiger partial charge in [-0.1, -0.05) is 20.3 Å². The normalized spacial score (nSPS) is 23.5. The van der Waals surface area contributed by atoms with Crippen LogP contribution in [0.1, 0.15) is 33.1 Å². The molecule has 3 nitrogen and oxygen atoms in total. The molecule has 1 unspecified atom stereocenters. The standard InChI is InChI=1S/C8H17BO3/c1-3-5-6-10-9-11-7-8(4-2)12-9/h8H,3-7H2,1-2H3. The third-order valence-electron chi connectivity index (χ3n) is 1.93. The fourth-order valence-electron chi connectivity index (χ4n) is 1.05. The smallest absolute Gasteiger partial charge is 0.386 e. The van der Waals surface area contributed by atoms with Gasteiger partial charge in [-0.15, -0.1) is 0 Å². The average molecular weight is 172 g/mol. The van der Waals surface area contributed by atoms with Crippen molar-refractivity contribution in [1.29, 1.82) is 0 Å². The van der Waals surface area contributed by atoms with Gasteiger partial charge in [0.05, 0.1) is 12.7 Å². The largest absolute Gasteiger partial charge is 0.639 e. The zero-order chi connectivity index (χ0) is 8.81. The molecule has 1 aliphatic heterocycles. The van der Waals surface area contributed by atoms with Crippen molar-refractivity contribution in [1.82, 2.24) is 0 Å². The summed E-state index contributed by atoms with van der Waals surface area (Å²) in [6.45, 7) is 5.63. The fourth-order valence-corrected chi connectivity index (χ4v) is 1.05. The van der Waals surface area contributed by atoms with Crippen LogP contribution in [0.4, 0.5) is 0 Å². The van der Waals surface area contributed by atoms with Crippen LogP contribution in [-0.2, 0) is 14.0 Å². The van der Waals surface area contributed by atoms with Crippen LogP contribution in [0.3, 0.4) is 0 Å². The molecule has 1 heterocycles. The lowest BCUT2D eigenvalue weighted by Gasteiger charge is -2.06. The van der Waals surface area contributed by atoms with Crippen molar-refractivity contribution in [3.8, 4) is 0 Å². The van der Waals surface area contributed by atoms with Gasteiger partial charge < -0.3 is 14.0 Å². The number of unbranched alkanes of at least 4 members (excludes halogenated alkanes) is 1. The maximum absolute atomic E-state index is 5.41. The number of hydrogen-bond acceptors (Lipinski definition) is 3. The Morgan fingerprint density at radius 3 is 2.92 bits per heavy atom. The highest BCUT2D eigenvalue weighted by atomic mass is 16.8. The molecular weight excluding hydrogens is 155 g/mol. The minimum atomic E-state index is -0.401. The van der Waals surface area contributed by atoms with Crippen molar-refractivity contribution in [3.63, 3.8) is 0 Å². The molecule has 12 heavy (non-hydrogen) atoms. The second-order valence-electron chi connectivity index (χ2n) is 3.01. The predicted molar refractivity (Wildman–Crippen MR) is 47.7 cm³/mol. The topological polar surface area (TPSA) is 27.7 Å². The Morgan fingerprint density at radius 1 is 1.50 bits per heavy atom. The molecule has 1 saturated heterocycles. The Labute approximate surface area is 74.6 Å². The molecule has 0 aromatic rings. The second-order valence-corrected chi connectivity index (χ2v) is 3.01. The SMILES string of the molecule is CCCCOB1OCC(CC)O1. The van der Waals surface area contributed by atoms with E-state index < -0.39 is 7.32 Å². The first-order valence-electron chi connectivity index (χ1n) is 4.75. The lowest BCUT2D eigenvalue weighted by atomic mass is 10.2. The molecule has 0 spiro atoms. The lowest BCUT2D eigenvalue weighted by molar-refractivity contribution is 0.157. The summed E-state index contributed by atoms with van der Waals surface area (Å²) in [4.78, 5) is 0. The van der Waals surface area contributed by atoms with E-state index in [-0.39, 0.29) is 6.10 Å². The third-order valence-corrected chi connectivity index (χ3v) is 1.93. The van der Waals surface area contributed by atoms with Crippen LogP contribution in [0, 0.1) is 0 Å². The molecule has 1 rings (SSSR count). The molecule has 0 saturated carbocycles. The monoisotopic (exact) mass is 172 g/mol. The molecule has 70 valence electrons. The van der Waals surface area contributed by atoms with Gasteiger partial charge in [0.2, 0.25) is 0 Å². The van der Waals surface area contributed by atoms with Gasteiger partial charge in [-0.3, -0.25) is 0 Å². The van der Waals surface area contributed by atoms with Crippen LogP contribution in [-0.4, -0.2) is 26.6 Å². The minimum Gasteiger partial charge on any atom is -0.386 e. The van der Waals surface area contributed by atoms with Crippen LogP contribution in [0.5, 0.6) is 0 Å². The molecule has 0 amide bonds. The van der Waals surface area contributed by atoms with E-state index in [0.717, 1.165) is 25.9 Å². The Morgan fingerprint density at radius 2 is 2.33 bits per heavy atom. The molecule has 0 N–H and O–H groups in total. The third kappa shape index (κ3) is 3.13. The minimum absolute atomic E-state index is 0.233. The summed E-state index contributed by atoms with van der Waals surface area (Å²) in [6.07, 6.45) is 3.44. The van der Waals surface area contributed by atoms with Crippen molar-refractivity contribution in [3.05, 3.63) is 0 Å². The van der Waals surface area contributed by atoms with E-state index in [1.807, 2.05) is 0 Å². The Bertz CT molecular complexity index is 121. The molecule has 1 atom stereocenters. The molecular formula is C8H17BO3. The maximum Gasteiger partial charge on any atom is 0.639 e. The van der Waals surface area contributed by atoms with Gasteiger partial charge in [0, 0.05) is 6.61 Å². The number of rotatable bonds is 5. The Hall–Kier alpha value is -0.0551. The van der Waals surface area contributed by atoms with Gasteiger partial charge >= 0.3 is 7.32 Å². The predicted octanol–water partition coefficient (Wildman–Crippen LogP) is 1.61. The molecule has 1 fully saturated rings. The van der Waals surface area contributed by atoms with E-state index in [2.05, 4.69) is 13.8 Å². The molecule has 0 radical (unpaired) electrons. The summed E-state index contributed by atoms with van der Waals surface area (Å²) in [5.74, 6) is 0. The Kier molecular flexibility index (Phi) is 4.65. The van der Waals surface area contributed by atoms with E-state index in [4.69, 9.17) is 14.0 Å². The summed E-state index contributed by atoms with van der Waals surface area (Å²) >= 11 is 0. The van der Waals surface area contributed by atoms with Gasteiger partial charge in [-0.2, -0.15) is 0 Å². The summed E-state index contributed by atoms with van der Waals surface area (Å²) in [5.41, 5.74) is 0. The zero-order valence-electron chi connectivity index (χ0n) is 7.91. The van der Waals surface area contributed by atoms with E-state index in [1.165, 1.54) is 0 Å². The van der Waals surface area contributed by atoms with Crippen molar-refractivity contribution in [2.75, 3.05) is 13.2 Å². The molecule has 0 aromatic heterocycles. The molecule has 4 heteroatoms. The second kappa shape index (κ2) is 5.57. The van der Waals surface area contributed by atoms with Gasteiger partial charge in [0.25, 0.3) is 0 Å². The number of hydrogen-bond donors (Lipinski definition) is 0. The van der Waals surface area contributed by atoms with Crippen LogP contribution < -0.4 is 0 Å². The highest BCUT2D eigenvalue weighted by molar-refractivity contribution is 6.37. The molecule has 0 bridgehead atoms. The van der Waals surface area contributed by atoms with Crippen LogP contribution in [0.25, 0.3) is 0 Å². The Balaban J connectivity index is 2.03. The first-order chi connectivity index (χ1) is 5.86. The van der Waals surface area contributed by atoms with Crippen molar-refractivity contribution < 1.29 is 14.0 Å². The van der Waals surface area contributed by atoms with Gasteiger partial charge in [0.1, 0.15) is 0 Å². The van der Waals surface area contributed by atoms with Crippen molar-refractivity contribution >= 4 is 7.32 Å². The molecule has 1 aliphatic rings. The van der Waals surface area contributed by atoms with E-state index >= 15 is 0 Å². The quantitative estimate of drug-likeness (QED) is 0.465. The van der Waals surface area contributed by atoms with Gasteiger partial charge in [0.15, 0.2) is 0 Å². The fraction of sp³-hybridized carbons (Fsp3) is 1.00. The van der Waals surface area contributed by atoms with E-state index in [9.17, 15) is 0 Å². The highest BCUT2D eigenvalue weighted by Crippen LogP contribution is 2.11. The molecule has 0 aromatic carbocycles.